The molecule has 134 valence electrons. The molecule has 3 rings (SSSR count). The molecule has 7 heteroatoms. The fourth-order valence-electron chi connectivity index (χ4n) is 2.45. The molecule has 0 fully saturated rings. The monoisotopic (exact) mass is 414 g/mol. The molecule has 0 bridgehead atoms. The molecule has 1 N–H and O–H groups in total. The van der Waals surface area contributed by atoms with Gasteiger partial charge >= 0.3 is 0 Å². The second-order valence-corrected chi connectivity index (χ2v) is 7.01. The lowest BCUT2D eigenvalue weighted by atomic mass is 10.0. The molecule has 2 aromatic carbocycles. The zero-order valence-electron chi connectivity index (χ0n) is 14.5. The van der Waals surface area contributed by atoms with Crippen molar-refractivity contribution >= 4 is 27.5 Å². The molecule has 26 heavy (non-hydrogen) atoms. The number of carbonyl (C=O) groups is 1. The second-order valence-electron chi connectivity index (χ2n) is 6.10. The zero-order valence-corrected chi connectivity index (χ0v) is 16.1. The van der Waals surface area contributed by atoms with Crippen molar-refractivity contribution in [2.75, 3.05) is 11.9 Å². The van der Waals surface area contributed by atoms with E-state index in [1.54, 1.807) is 17.2 Å². The molecule has 1 aromatic heterocycles. The molecule has 3 aromatic rings. The third-order valence-electron chi connectivity index (χ3n) is 3.81. The van der Waals surface area contributed by atoms with Gasteiger partial charge in [0.1, 0.15) is 18.4 Å². The van der Waals surface area contributed by atoms with Gasteiger partial charge in [0.15, 0.2) is 6.61 Å². The Labute approximate surface area is 160 Å². The highest BCUT2D eigenvalue weighted by Crippen LogP contribution is 2.27. The van der Waals surface area contributed by atoms with Crippen molar-refractivity contribution < 1.29 is 9.53 Å². The number of ether oxygens (including phenoxy) is 1. The molecule has 0 aliphatic rings. The SMILES string of the molecule is CC(C)c1ccc(OCC(=O)Nc2cccc(Br)c2)c(-n2cnnc2)c1. The smallest absolute Gasteiger partial charge is 0.262 e. The minimum absolute atomic E-state index is 0.0946. The number of hydrogen-bond donors (Lipinski definition) is 1. The van der Waals surface area contributed by atoms with Gasteiger partial charge in [0, 0.05) is 10.2 Å². The summed E-state index contributed by atoms with van der Waals surface area (Å²) in [5, 5.41) is 10.5. The summed E-state index contributed by atoms with van der Waals surface area (Å²) in [6.07, 6.45) is 3.21. The highest BCUT2D eigenvalue weighted by molar-refractivity contribution is 9.10. The summed E-state index contributed by atoms with van der Waals surface area (Å²) in [4.78, 5) is 12.2. The summed E-state index contributed by atoms with van der Waals surface area (Å²) < 4.78 is 8.43. The quantitative estimate of drug-likeness (QED) is 0.656. The Morgan fingerprint density at radius 3 is 2.65 bits per heavy atom. The molecule has 1 amide bonds. The predicted molar refractivity (Wildman–Crippen MR) is 104 cm³/mol. The Morgan fingerprint density at radius 2 is 1.96 bits per heavy atom. The molecule has 0 aliphatic heterocycles. The summed E-state index contributed by atoms with van der Waals surface area (Å²) in [5.74, 6) is 0.739. The van der Waals surface area contributed by atoms with Crippen LogP contribution in [0.4, 0.5) is 5.69 Å². The van der Waals surface area contributed by atoms with E-state index < -0.39 is 0 Å². The fraction of sp³-hybridized carbons (Fsp3) is 0.211. The van der Waals surface area contributed by atoms with E-state index in [1.165, 1.54) is 5.56 Å². The van der Waals surface area contributed by atoms with Crippen LogP contribution in [0.1, 0.15) is 25.3 Å². The van der Waals surface area contributed by atoms with Crippen LogP contribution in [0.5, 0.6) is 5.75 Å². The van der Waals surface area contributed by atoms with Crippen molar-refractivity contribution in [1.82, 2.24) is 14.8 Å². The maximum absolute atomic E-state index is 12.2. The van der Waals surface area contributed by atoms with E-state index in [4.69, 9.17) is 4.74 Å². The number of benzene rings is 2. The number of halogens is 1. The number of carbonyl (C=O) groups excluding carboxylic acids is 1. The van der Waals surface area contributed by atoms with Gasteiger partial charge in [-0.25, -0.2) is 0 Å². The third-order valence-corrected chi connectivity index (χ3v) is 4.31. The van der Waals surface area contributed by atoms with Crippen molar-refractivity contribution in [3.63, 3.8) is 0 Å². The molecule has 0 unspecified atom stereocenters. The number of nitrogens with zero attached hydrogens (tertiary/aromatic N) is 3. The number of nitrogens with one attached hydrogen (secondary N) is 1. The van der Waals surface area contributed by atoms with Crippen molar-refractivity contribution in [2.45, 2.75) is 19.8 Å². The van der Waals surface area contributed by atoms with Gasteiger partial charge in [-0.15, -0.1) is 10.2 Å². The van der Waals surface area contributed by atoms with Crippen LogP contribution in [0.3, 0.4) is 0 Å². The average molecular weight is 415 g/mol. The van der Waals surface area contributed by atoms with Gasteiger partial charge < -0.3 is 10.1 Å². The molecule has 0 spiro atoms. The number of aromatic nitrogens is 3. The minimum Gasteiger partial charge on any atom is -0.482 e. The lowest BCUT2D eigenvalue weighted by Crippen LogP contribution is -2.20. The lowest BCUT2D eigenvalue weighted by molar-refractivity contribution is -0.118. The van der Waals surface area contributed by atoms with E-state index in [0.29, 0.717) is 17.4 Å². The van der Waals surface area contributed by atoms with Gasteiger partial charge in [0.05, 0.1) is 5.69 Å². The Balaban J connectivity index is 1.74. The molecule has 1 heterocycles. The second kappa shape index (κ2) is 8.14. The number of amides is 1. The van der Waals surface area contributed by atoms with Crippen LogP contribution in [0.15, 0.2) is 59.6 Å². The Hall–Kier alpha value is -2.67. The Bertz CT molecular complexity index is 894. The molecule has 6 nitrogen and oxygen atoms in total. The first kappa shape index (κ1) is 18.1. The highest BCUT2D eigenvalue weighted by atomic mass is 79.9. The number of anilines is 1. The zero-order chi connectivity index (χ0) is 18.5. The van der Waals surface area contributed by atoms with Crippen molar-refractivity contribution in [1.29, 1.82) is 0 Å². The van der Waals surface area contributed by atoms with Gasteiger partial charge in [-0.1, -0.05) is 41.9 Å². The van der Waals surface area contributed by atoms with Crippen molar-refractivity contribution in [3.8, 4) is 11.4 Å². The summed E-state index contributed by atoms with van der Waals surface area (Å²) in [5.41, 5.74) is 2.68. The van der Waals surface area contributed by atoms with Crippen LogP contribution >= 0.6 is 15.9 Å². The van der Waals surface area contributed by atoms with E-state index in [0.717, 1.165) is 10.2 Å². The van der Waals surface area contributed by atoms with Gasteiger partial charge in [0.2, 0.25) is 0 Å². The largest absolute Gasteiger partial charge is 0.482 e. The predicted octanol–water partition coefficient (Wildman–Crippen LogP) is 4.17. The molecule has 0 radical (unpaired) electrons. The molecule has 0 atom stereocenters. The van der Waals surface area contributed by atoms with Crippen molar-refractivity contribution in [2.24, 2.45) is 0 Å². The minimum atomic E-state index is -0.231. The maximum atomic E-state index is 12.2. The van der Waals surface area contributed by atoms with Crippen LogP contribution in [0.25, 0.3) is 5.69 Å². The van der Waals surface area contributed by atoms with Gasteiger partial charge in [-0.05, 0) is 41.8 Å². The topological polar surface area (TPSA) is 69.0 Å². The number of rotatable bonds is 6. The van der Waals surface area contributed by atoms with Gasteiger partial charge in [-0.3, -0.25) is 9.36 Å². The van der Waals surface area contributed by atoms with E-state index >= 15 is 0 Å². The fourth-order valence-corrected chi connectivity index (χ4v) is 2.85. The Morgan fingerprint density at radius 1 is 1.19 bits per heavy atom. The van der Waals surface area contributed by atoms with Crippen LogP contribution in [0.2, 0.25) is 0 Å². The highest BCUT2D eigenvalue weighted by Gasteiger charge is 2.12. The number of hydrogen-bond acceptors (Lipinski definition) is 4. The van der Waals surface area contributed by atoms with Crippen LogP contribution in [-0.2, 0) is 4.79 Å². The first-order chi connectivity index (χ1) is 12.5. The molecule has 0 saturated carbocycles. The summed E-state index contributed by atoms with van der Waals surface area (Å²) in [6, 6.07) is 13.3. The molecule has 0 aliphatic carbocycles. The Kier molecular flexibility index (Phi) is 5.68. The molecular formula is C19H19BrN4O2. The summed E-state index contributed by atoms with van der Waals surface area (Å²) in [7, 11) is 0. The first-order valence-corrected chi connectivity index (χ1v) is 8.99. The average Bonchev–Trinajstić information content (AvgIpc) is 3.14. The normalized spacial score (nSPS) is 10.8. The molecular weight excluding hydrogens is 396 g/mol. The van der Waals surface area contributed by atoms with E-state index in [2.05, 4.69) is 45.3 Å². The van der Waals surface area contributed by atoms with E-state index in [1.807, 2.05) is 42.5 Å². The lowest BCUT2D eigenvalue weighted by Gasteiger charge is -2.15. The van der Waals surface area contributed by atoms with Crippen molar-refractivity contribution in [3.05, 3.63) is 65.2 Å². The van der Waals surface area contributed by atoms with Crippen LogP contribution in [0, 0.1) is 0 Å². The standard InChI is InChI=1S/C19H19BrN4O2/c1-13(2)14-6-7-18(17(8-14)24-11-21-22-12-24)26-10-19(25)23-16-5-3-4-15(20)9-16/h3-9,11-13H,10H2,1-2H3,(H,23,25). The van der Waals surface area contributed by atoms with E-state index in [9.17, 15) is 4.79 Å². The van der Waals surface area contributed by atoms with Crippen LogP contribution in [-0.4, -0.2) is 27.3 Å². The first-order valence-electron chi connectivity index (χ1n) is 8.20. The summed E-state index contributed by atoms with van der Waals surface area (Å²) in [6.45, 7) is 4.15. The summed E-state index contributed by atoms with van der Waals surface area (Å²) >= 11 is 3.38. The van der Waals surface area contributed by atoms with E-state index in [-0.39, 0.29) is 12.5 Å². The van der Waals surface area contributed by atoms with Gasteiger partial charge in [-0.2, -0.15) is 0 Å². The third kappa shape index (κ3) is 4.49. The van der Waals surface area contributed by atoms with Gasteiger partial charge in [0.25, 0.3) is 5.91 Å². The molecule has 0 saturated heterocycles. The van der Waals surface area contributed by atoms with Crippen LogP contribution < -0.4 is 10.1 Å². The maximum Gasteiger partial charge on any atom is 0.262 e.